The second-order valence-electron chi connectivity index (χ2n) is 4.71. The molecular formula is C16H16N4O. The Bertz CT molecular complexity index is 691. The van der Waals surface area contributed by atoms with Crippen molar-refractivity contribution in [2.45, 2.75) is 13.1 Å². The zero-order valence-corrected chi connectivity index (χ0v) is 11.8. The van der Waals surface area contributed by atoms with Gasteiger partial charge in [-0.2, -0.15) is 5.26 Å². The maximum atomic E-state index is 12.4. The lowest BCUT2D eigenvalue weighted by Crippen LogP contribution is -2.26. The molecule has 1 heterocycles. The van der Waals surface area contributed by atoms with Crippen LogP contribution in [0.5, 0.6) is 0 Å². The van der Waals surface area contributed by atoms with Gasteiger partial charge in [0.25, 0.3) is 5.91 Å². The molecule has 5 nitrogen and oxygen atoms in total. The van der Waals surface area contributed by atoms with Gasteiger partial charge in [0.05, 0.1) is 17.3 Å². The Balaban J connectivity index is 2.13. The fourth-order valence-corrected chi connectivity index (χ4v) is 2.03. The van der Waals surface area contributed by atoms with Crippen LogP contribution in [0.15, 0.2) is 42.6 Å². The van der Waals surface area contributed by atoms with Crippen molar-refractivity contribution in [3.63, 3.8) is 0 Å². The van der Waals surface area contributed by atoms with Crippen LogP contribution < -0.4 is 5.73 Å². The number of nitrogens with zero attached hydrogens (tertiary/aromatic N) is 3. The maximum Gasteiger partial charge on any atom is 0.254 e. The molecule has 1 aromatic carbocycles. The van der Waals surface area contributed by atoms with E-state index in [9.17, 15) is 4.79 Å². The largest absolute Gasteiger partial charge is 0.337 e. The average Bonchev–Trinajstić information content (AvgIpc) is 2.54. The van der Waals surface area contributed by atoms with E-state index in [1.807, 2.05) is 12.1 Å². The summed E-state index contributed by atoms with van der Waals surface area (Å²) in [4.78, 5) is 18.0. The Labute approximate surface area is 123 Å². The monoisotopic (exact) mass is 280 g/mol. The minimum atomic E-state index is -0.102. The molecule has 0 spiro atoms. The van der Waals surface area contributed by atoms with E-state index in [2.05, 4.69) is 11.1 Å². The first-order valence-electron chi connectivity index (χ1n) is 6.53. The van der Waals surface area contributed by atoms with E-state index in [1.54, 1.807) is 42.4 Å². The Morgan fingerprint density at radius 2 is 2.19 bits per heavy atom. The van der Waals surface area contributed by atoms with Gasteiger partial charge >= 0.3 is 0 Å². The molecule has 21 heavy (non-hydrogen) atoms. The highest BCUT2D eigenvalue weighted by molar-refractivity contribution is 5.94. The minimum absolute atomic E-state index is 0.102. The van der Waals surface area contributed by atoms with Gasteiger partial charge in [0, 0.05) is 31.9 Å². The first kappa shape index (κ1) is 14.7. The van der Waals surface area contributed by atoms with E-state index >= 15 is 0 Å². The van der Waals surface area contributed by atoms with Crippen LogP contribution in [-0.4, -0.2) is 22.8 Å². The van der Waals surface area contributed by atoms with Crippen LogP contribution in [0.3, 0.4) is 0 Å². The van der Waals surface area contributed by atoms with Gasteiger partial charge in [-0.3, -0.25) is 9.78 Å². The molecule has 0 saturated carbocycles. The summed E-state index contributed by atoms with van der Waals surface area (Å²) in [6.45, 7) is 0.740. The van der Waals surface area contributed by atoms with Gasteiger partial charge in [0.1, 0.15) is 0 Å². The summed E-state index contributed by atoms with van der Waals surface area (Å²) in [5, 5.41) is 8.89. The Hall–Kier alpha value is -2.71. The van der Waals surface area contributed by atoms with E-state index in [-0.39, 0.29) is 5.91 Å². The maximum absolute atomic E-state index is 12.4. The number of rotatable bonds is 4. The van der Waals surface area contributed by atoms with Gasteiger partial charge in [-0.25, -0.2) is 0 Å². The molecule has 0 aliphatic carbocycles. The van der Waals surface area contributed by atoms with Gasteiger partial charge in [-0.1, -0.05) is 12.1 Å². The summed E-state index contributed by atoms with van der Waals surface area (Å²) < 4.78 is 0. The number of nitriles is 1. The van der Waals surface area contributed by atoms with Gasteiger partial charge in [-0.05, 0) is 29.8 Å². The van der Waals surface area contributed by atoms with Crippen molar-refractivity contribution in [1.29, 1.82) is 5.26 Å². The zero-order chi connectivity index (χ0) is 15.2. The van der Waals surface area contributed by atoms with Gasteiger partial charge in [0.2, 0.25) is 0 Å². The first-order chi connectivity index (χ1) is 10.1. The van der Waals surface area contributed by atoms with Crippen molar-refractivity contribution in [2.75, 3.05) is 7.05 Å². The third-order valence-corrected chi connectivity index (χ3v) is 3.10. The van der Waals surface area contributed by atoms with Crippen molar-refractivity contribution in [3.05, 3.63) is 65.0 Å². The van der Waals surface area contributed by atoms with E-state index in [4.69, 9.17) is 11.0 Å². The minimum Gasteiger partial charge on any atom is -0.337 e. The third kappa shape index (κ3) is 3.65. The molecule has 1 aromatic heterocycles. The van der Waals surface area contributed by atoms with Gasteiger partial charge in [0.15, 0.2) is 0 Å². The molecule has 0 radical (unpaired) electrons. The van der Waals surface area contributed by atoms with Crippen molar-refractivity contribution in [3.8, 4) is 6.07 Å². The van der Waals surface area contributed by atoms with Crippen LogP contribution in [0.1, 0.15) is 27.2 Å². The molecule has 2 rings (SSSR count). The van der Waals surface area contributed by atoms with Crippen LogP contribution in [0.4, 0.5) is 0 Å². The van der Waals surface area contributed by atoms with Crippen LogP contribution in [0.2, 0.25) is 0 Å². The lowest BCUT2D eigenvalue weighted by atomic mass is 10.1. The van der Waals surface area contributed by atoms with E-state index in [0.29, 0.717) is 29.9 Å². The number of benzene rings is 1. The first-order valence-corrected chi connectivity index (χ1v) is 6.53. The fourth-order valence-electron chi connectivity index (χ4n) is 2.03. The summed E-state index contributed by atoms with van der Waals surface area (Å²) in [5.74, 6) is -0.102. The third-order valence-electron chi connectivity index (χ3n) is 3.10. The number of pyridine rings is 1. The molecule has 0 atom stereocenters. The Kier molecular flexibility index (Phi) is 4.64. The fraction of sp³-hybridized carbons (Fsp3) is 0.188. The number of carbonyl (C=O) groups is 1. The molecule has 2 aromatic rings. The van der Waals surface area contributed by atoms with E-state index < -0.39 is 0 Å². The summed E-state index contributed by atoms with van der Waals surface area (Å²) >= 11 is 0. The van der Waals surface area contributed by atoms with Crippen molar-refractivity contribution < 1.29 is 4.79 Å². The van der Waals surface area contributed by atoms with Crippen LogP contribution >= 0.6 is 0 Å². The van der Waals surface area contributed by atoms with Crippen molar-refractivity contribution in [2.24, 2.45) is 5.73 Å². The molecule has 0 aliphatic rings. The van der Waals surface area contributed by atoms with Crippen LogP contribution in [-0.2, 0) is 13.1 Å². The van der Waals surface area contributed by atoms with Crippen molar-refractivity contribution >= 4 is 5.91 Å². The standard InChI is InChI=1S/C16H16N4O/c1-20(11-13-4-2-3-12(7-13)9-17)16(21)14-5-6-19-15(8-14)10-18/h2-8H,10-11,18H2,1H3. The average molecular weight is 280 g/mol. The number of aromatic nitrogens is 1. The molecule has 0 aliphatic heterocycles. The predicted molar refractivity (Wildman–Crippen MR) is 79.1 cm³/mol. The molecular weight excluding hydrogens is 264 g/mol. The number of carbonyl (C=O) groups excluding carboxylic acids is 1. The summed E-state index contributed by atoms with van der Waals surface area (Å²) in [7, 11) is 1.73. The number of nitrogens with two attached hydrogens (primary N) is 1. The number of hydrogen-bond acceptors (Lipinski definition) is 4. The second kappa shape index (κ2) is 6.64. The molecule has 106 valence electrons. The second-order valence-corrected chi connectivity index (χ2v) is 4.71. The Morgan fingerprint density at radius 3 is 2.90 bits per heavy atom. The van der Waals surface area contributed by atoms with E-state index in [1.165, 1.54) is 0 Å². The summed E-state index contributed by atoms with van der Waals surface area (Å²) in [6.07, 6.45) is 1.58. The molecule has 0 unspecified atom stereocenters. The molecule has 1 amide bonds. The Morgan fingerprint density at radius 1 is 1.38 bits per heavy atom. The van der Waals surface area contributed by atoms with Crippen LogP contribution in [0.25, 0.3) is 0 Å². The molecule has 2 N–H and O–H groups in total. The summed E-state index contributed by atoms with van der Waals surface area (Å²) in [5.41, 5.74) is 8.27. The smallest absolute Gasteiger partial charge is 0.254 e. The highest BCUT2D eigenvalue weighted by atomic mass is 16.2. The van der Waals surface area contributed by atoms with Gasteiger partial charge < -0.3 is 10.6 Å². The SMILES string of the molecule is CN(Cc1cccc(C#N)c1)C(=O)c1ccnc(CN)c1. The van der Waals surface area contributed by atoms with E-state index in [0.717, 1.165) is 5.56 Å². The highest BCUT2D eigenvalue weighted by Crippen LogP contribution is 2.10. The molecule has 5 heteroatoms. The number of amides is 1. The topological polar surface area (TPSA) is 83.0 Å². The molecule has 0 saturated heterocycles. The normalized spacial score (nSPS) is 9.95. The lowest BCUT2D eigenvalue weighted by Gasteiger charge is -2.17. The molecule has 0 fully saturated rings. The van der Waals surface area contributed by atoms with Gasteiger partial charge in [-0.15, -0.1) is 0 Å². The lowest BCUT2D eigenvalue weighted by molar-refractivity contribution is 0.0785. The summed E-state index contributed by atoms with van der Waals surface area (Å²) in [6, 6.07) is 12.7. The zero-order valence-electron chi connectivity index (χ0n) is 11.8. The molecule has 0 bridgehead atoms. The number of hydrogen-bond donors (Lipinski definition) is 1. The van der Waals surface area contributed by atoms with Crippen molar-refractivity contribution in [1.82, 2.24) is 9.88 Å². The van der Waals surface area contributed by atoms with Crippen LogP contribution in [0, 0.1) is 11.3 Å². The highest BCUT2D eigenvalue weighted by Gasteiger charge is 2.12. The quantitative estimate of drug-likeness (QED) is 0.923. The predicted octanol–water partition coefficient (Wildman–Crippen LogP) is 1.68.